The van der Waals surface area contributed by atoms with Crippen LogP contribution in [0.4, 0.5) is 17.1 Å². The maximum Gasteiger partial charge on any atom is 0.143 e. The Balaban J connectivity index is 1.17. The number of furan rings is 1. The Morgan fingerprint density at radius 1 is 0.392 bits per heavy atom. The average Bonchev–Trinajstić information content (AvgIpc) is 3.78. The first-order valence-electron chi connectivity index (χ1n) is 17.3. The molecular formula is C48H31NOS. The van der Waals surface area contributed by atoms with Gasteiger partial charge in [0.25, 0.3) is 0 Å². The normalized spacial score (nSPS) is 11.5. The number of fused-ring (bicyclic) bond motifs is 6. The Kier molecular flexibility index (Phi) is 7.04. The van der Waals surface area contributed by atoms with Gasteiger partial charge in [0.05, 0.1) is 5.69 Å². The summed E-state index contributed by atoms with van der Waals surface area (Å²) in [5, 5.41) is 4.86. The molecule has 0 saturated heterocycles. The third-order valence-corrected chi connectivity index (χ3v) is 11.1. The zero-order valence-electron chi connectivity index (χ0n) is 27.7. The fraction of sp³-hybridized carbons (Fsp3) is 0. The highest BCUT2D eigenvalue weighted by Crippen LogP contribution is 2.49. The van der Waals surface area contributed by atoms with E-state index in [0.717, 1.165) is 50.1 Å². The van der Waals surface area contributed by atoms with Crippen molar-refractivity contribution in [3.8, 4) is 33.4 Å². The molecule has 0 radical (unpaired) electrons. The number of benzene rings is 8. The van der Waals surface area contributed by atoms with E-state index in [1.807, 2.05) is 23.5 Å². The van der Waals surface area contributed by atoms with Crippen molar-refractivity contribution >= 4 is 70.5 Å². The van der Waals surface area contributed by atoms with Crippen LogP contribution in [0.15, 0.2) is 192 Å². The Labute approximate surface area is 300 Å². The molecule has 240 valence electrons. The first-order chi connectivity index (χ1) is 25.3. The van der Waals surface area contributed by atoms with Gasteiger partial charge in [-0.15, -0.1) is 11.3 Å². The third kappa shape index (κ3) is 5.01. The van der Waals surface area contributed by atoms with Gasteiger partial charge in [0, 0.05) is 53.4 Å². The highest BCUT2D eigenvalue weighted by Gasteiger charge is 2.22. The molecule has 0 unspecified atom stereocenters. The molecule has 0 saturated carbocycles. The van der Waals surface area contributed by atoms with Crippen molar-refractivity contribution in [1.82, 2.24) is 0 Å². The highest BCUT2D eigenvalue weighted by molar-refractivity contribution is 7.26. The van der Waals surface area contributed by atoms with Crippen LogP contribution in [0.25, 0.3) is 75.5 Å². The second-order valence-electron chi connectivity index (χ2n) is 12.9. The molecule has 0 spiro atoms. The molecule has 0 atom stereocenters. The fourth-order valence-corrected chi connectivity index (χ4v) is 8.74. The molecule has 51 heavy (non-hydrogen) atoms. The van der Waals surface area contributed by atoms with Gasteiger partial charge in [-0.25, -0.2) is 0 Å². The van der Waals surface area contributed by atoms with Crippen LogP contribution in [0.5, 0.6) is 0 Å². The Bertz CT molecular complexity index is 2830. The van der Waals surface area contributed by atoms with Gasteiger partial charge in [-0.05, 0) is 64.7 Å². The topological polar surface area (TPSA) is 16.4 Å². The van der Waals surface area contributed by atoms with Crippen LogP contribution in [0.2, 0.25) is 0 Å². The lowest BCUT2D eigenvalue weighted by Crippen LogP contribution is -2.11. The number of rotatable bonds is 6. The molecule has 3 heteroatoms. The Morgan fingerprint density at radius 3 is 1.73 bits per heavy atom. The van der Waals surface area contributed by atoms with Gasteiger partial charge < -0.3 is 9.32 Å². The van der Waals surface area contributed by atoms with Gasteiger partial charge in [0.15, 0.2) is 0 Å². The number of hydrogen-bond acceptors (Lipinski definition) is 3. The lowest BCUT2D eigenvalue weighted by atomic mass is 9.98. The first kappa shape index (κ1) is 29.5. The monoisotopic (exact) mass is 669 g/mol. The second kappa shape index (κ2) is 12.2. The molecule has 0 aliphatic carbocycles. The zero-order chi connectivity index (χ0) is 33.7. The molecule has 2 heterocycles. The van der Waals surface area contributed by atoms with E-state index in [-0.39, 0.29) is 0 Å². The zero-order valence-corrected chi connectivity index (χ0v) is 28.5. The fourth-order valence-electron chi connectivity index (χ4n) is 7.47. The van der Waals surface area contributed by atoms with Gasteiger partial charge >= 0.3 is 0 Å². The summed E-state index contributed by atoms with van der Waals surface area (Å²) in [7, 11) is 0. The molecule has 0 aliphatic heterocycles. The minimum Gasteiger partial charge on any atom is -0.455 e. The lowest BCUT2D eigenvalue weighted by Gasteiger charge is -2.28. The highest BCUT2D eigenvalue weighted by atomic mass is 32.1. The Morgan fingerprint density at radius 2 is 0.980 bits per heavy atom. The molecule has 10 rings (SSSR count). The molecule has 0 bridgehead atoms. The largest absolute Gasteiger partial charge is 0.455 e. The smallest absolute Gasteiger partial charge is 0.143 e. The standard InChI is InChI=1S/C48H31NOS/c1-3-12-32(13-4-1)33-22-26-36(27-23-33)49(37-28-24-34(25-29-37)38-18-11-19-41-39-16-7-9-20-44(39)50-47(38)41)43-31-30-42-40-17-8-10-21-45(40)51-48(42)46(43)35-14-5-2-6-15-35/h1-31H. The SMILES string of the molecule is c1ccc(-c2ccc(N(c3ccc(-c4cccc5c4oc4ccccc45)cc3)c3ccc4c(sc5ccccc54)c3-c3ccccc3)cc2)cc1. The van der Waals surface area contributed by atoms with Crippen molar-refractivity contribution in [2.75, 3.05) is 4.90 Å². The summed E-state index contributed by atoms with van der Waals surface area (Å²) >= 11 is 1.87. The number of thiophene rings is 1. The van der Waals surface area contributed by atoms with Crippen LogP contribution < -0.4 is 4.90 Å². The van der Waals surface area contributed by atoms with E-state index in [0.29, 0.717) is 0 Å². The number of hydrogen-bond donors (Lipinski definition) is 0. The van der Waals surface area contributed by atoms with Crippen molar-refractivity contribution in [1.29, 1.82) is 0 Å². The molecule has 0 N–H and O–H groups in total. The van der Waals surface area contributed by atoms with Crippen LogP contribution in [-0.4, -0.2) is 0 Å². The van der Waals surface area contributed by atoms with Crippen LogP contribution in [0.3, 0.4) is 0 Å². The van der Waals surface area contributed by atoms with E-state index in [2.05, 4.69) is 181 Å². The third-order valence-electron chi connectivity index (χ3n) is 9.90. The van der Waals surface area contributed by atoms with E-state index in [4.69, 9.17) is 4.42 Å². The molecule has 2 aromatic heterocycles. The summed E-state index contributed by atoms with van der Waals surface area (Å²) < 4.78 is 9.01. The van der Waals surface area contributed by atoms with E-state index in [1.165, 1.54) is 42.4 Å². The molecule has 0 fully saturated rings. The van der Waals surface area contributed by atoms with E-state index >= 15 is 0 Å². The summed E-state index contributed by atoms with van der Waals surface area (Å²) in [6, 6.07) is 67.3. The molecule has 0 aliphatic rings. The number of para-hydroxylation sites is 2. The van der Waals surface area contributed by atoms with Crippen LogP contribution in [-0.2, 0) is 0 Å². The van der Waals surface area contributed by atoms with Gasteiger partial charge in [-0.3, -0.25) is 0 Å². The van der Waals surface area contributed by atoms with Crippen LogP contribution in [0.1, 0.15) is 0 Å². The van der Waals surface area contributed by atoms with Gasteiger partial charge in [-0.1, -0.05) is 146 Å². The predicted molar refractivity (Wildman–Crippen MR) is 218 cm³/mol. The van der Waals surface area contributed by atoms with Crippen molar-refractivity contribution in [2.24, 2.45) is 0 Å². The van der Waals surface area contributed by atoms with Gasteiger partial charge in [-0.2, -0.15) is 0 Å². The second-order valence-corrected chi connectivity index (χ2v) is 13.9. The van der Waals surface area contributed by atoms with Crippen LogP contribution >= 0.6 is 11.3 Å². The van der Waals surface area contributed by atoms with E-state index in [1.54, 1.807) is 0 Å². The van der Waals surface area contributed by atoms with Crippen molar-refractivity contribution in [2.45, 2.75) is 0 Å². The Hall–Kier alpha value is -6.42. The summed E-state index contributed by atoms with van der Waals surface area (Å²) in [4.78, 5) is 2.41. The number of anilines is 3. The average molecular weight is 670 g/mol. The minimum absolute atomic E-state index is 0.909. The molecule has 2 nitrogen and oxygen atoms in total. The summed E-state index contributed by atoms with van der Waals surface area (Å²) in [5.41, 5.74) is 12.2. The summed E-state index contributed by atoms with van der Waals surface area (Å²) in [6.45, 7) is 0. The van der Waals surface area contributed by atoms with Crippen molar-refractivity contribution in [3.63, 3.8) is 0 Å². The molecule has 8 aromatic carbocycles. The lowest BCUT2D eigenvalue weighted by molar-refractivity contribution is 0.670. The molecule has 10 aromatic rings. The molecular weight excluding hydrogens is 639 g/mol. The minimum atomic E-state index is 0.909. The number of nitrogens with zero attached hydrogens (tertiary/aromatic N) is 1. The quantitative estimate of drug-likeness (QED) is 0.175. The van der Waals surface area contributed by atoms with Crippen molar-refractivity contribution in [3.05, 3.63) is 188 Å². The van der Waals surface area contributed by atoms with Crippen LogP contribution in [0, 0.1) is 0 Å². The van der Waals surface area contributed by atoms with Gasteiger partial charge in [0.2, 0.25) is 0 Å². The van der Waals surface area contributed by atoms with Crippen molar-refractivity contribution < 1.29 is 4.42 Å². The predicted octanol–water partition coefficient (Wildman–Crippen LogP) is 14.4. The maximum atomic E-state index is 6.42. The summed E-state index contributed by atoms with van der Waals surface area (Å²) in [5.74, 6) is 0. The van der Waals surface area contributed by atoms with Gasteiger partial charge in [0.1, 0.15) is 11.2 Å². The summed E-state index contributed by atoms with van der Waals surface area (Å²) in [6.07, 6.45) is 0. The van der Waals surface area contributed by atoms with E-state index < -0.39 is 0 Å². The maximum absolute atomic E-state index is 6.42. The molecule has 0 amide bonds. The van der Waals surface area contributed by atoms with E-state index in [9.17, 15) is 0 Å². The first-order valence-corrected chi connectivity index (χ1v) is 18.1.